The van der Waals surface area contributed by atoms with Gasteiger partial charge in [-0.3, -0.25) is 19.2 Å². The van der Waals surface area contributed by atoms with E-state index in [9.17, 15) is 19.2 Å². The van der Waals surface area contributed by atoms with Gasteiger partial charge in [0.15, 0.2) is 5.96 Å². The van der Waals surface area contributed by atoms with E-state index in [-0.39, 0.29) is 31.6 Å². The molecule has 418 valence electrons. The number of carbonyl (C=O) groups is 4. The maximum absolute atomic E-state index is 13.6. The first kappa shape index (κ1) is 68.4. The van der Waals surface area contributed by atoms with Gasteiger partial charge in [0.25, 0.3) is 5.91 Å². The first-order chi connectivity index (χ1) is 35.7. The topological polar surface area (TPSA) is 218 Å². The molecule has 0 aliphatic rings. The molecule has 0 radical (unpaired) electrons. The van der Waals surface area contributed by atoms with Crippen molar-refractivity contribution in [1.82, 2.24) is 21.6 Å². The van der Waals surface area contributed by atoms with Crippen LogP contribution in [-0.2, 0) is 19.2 Å². The predicted octanol–water partition coefficient (Wildman–Crippen LogP) is 13.8. The van der Waals surface area contributed by atoms with Crippen molar-refractivity contribution in [2.45, 2.75) is 290 Å². The average Bonchev–Trinajstić information content (AvgIpc) is 3.38. The van der Waals surface area contributed by atoms with E-state index in [0.29, 0.717) is 6.42 Å². The zero-order chi connectivity index (χ0) is 53.3. The molecule has 14 nitrogen and oxygen atoms in total. The number of aliphatic imine (C=N–C) groups is 1. The Bertz CT molecular complexity index is 1540. The van der Waals surface area contributed by atoms with Crippen molar-refractivity contribution in [2.75, 3.05) is 0 Å². The van der Waals surface area contributed by atoms with E-state index in [2.05, 4.69) is 99.1 Å². The Kier molecular flexibility index (Phi) is 51.6. The van der Waals surface area contributed by atoms with Gasteiger partial charge in [-0.2, -0.15) is 15.3 Å². The largest absolute Gasteiger partial charge is 0.370 e. The number of amides is 4. The predicted molar refractivity (Wildman–Crippen MR) is 311 cm³/mol. The smallest absolute Gasteiger partial charge is 0.262 e. The molecule has 0 aromatic heterocycles. The first-order valence-electron chi connectivity index (χ1n) is 29.5. The normalized spacial score (nSPS) is 12.8. The summed E-state index contributed by atoms with van der Waals surface area (Å²) in [4.78, 5) is 56.6. The molecule has 0 bridgehead atoms. The minimum atomic E-state index is -1.16. The van der Waals surface area contributed by atoms with E-state index in [1.807, 2.05) is 0 Å². The molecule has 0 rings (SSSR count). The lowest BCUT2D eigenvalue weighted by Gasteiger charge is -2.19. The third-order valence-corrected chi connectivity index (χ3v) is 12.7. The maximum atomic E-state index is 13.6. The zero-order valence-electron chi connectivity index (χ0n) is 46.7. The van der Waals surface area contributed by atoms with Crippen LogP contribution in [0.4, 0.5) is 0 Å². The van der Waals surface area contributed by atoms with E-state index in [0.717, 1.165) is 77.0 Å². The summed E-state index contributed by atoms with van der Waals surface area (Å²) < 4.78 is 0. The lowest BCUT2D eigenvalue weighted by atomic mass is 10.1. The van der Waals surface area contributed by atoms with Crippen molar-refractivity contribution in [3.05, 3.63) is 36.5 Å². The number of hydrogen-bond acceptors (Lipinski definition) is 8. The van der Waals surface area contributed by atoms with Gasteiger partial charge in [-0.15, -0.1) is 0 Å². The molecule has 0 saturated heterocycles. The molecular weight excluding hydrogens is 913 g/mol. The third-order valence-electron chi connectivity index (χ3n) is 12.7. The number of nitrogens with zero attached hydrogens (tertiary/aromatic N) is 4. The molecule has 0 spiro atoms. The molecule has 0 aromatic rings. The number of unbranched alkanes of at least 4 members (excludes halogenated alkanes) is 30. The molecular formula is C59H108N10O4. The van der Waals surface area contributed by atoms with Crippen molar-refractivity contribution in [2.24, 2.45) is 31.8 Å². The number of carbonyl (C=O) groups excluding carboxylic acids is 4. The number of nitrogens with two attached hydrogens (primary N) is 2. The van der Waals surface area contributed by atoms with Crippen LogP contribution >= 0.6 is 0 Å². The average molecular weight is 1020 g/mol. The Labute approximate surface area is 445 Å². The summed E-state index contributed by atoms with van der Waals surface area (Å²) >= 11 is 0. The molecule has 2 atom stereocenters. The summed E-state index contributed by atoms with van der Waals surface area (Å²) in [7, 11) is 0. The molecule has 0 aliphatic heterocycles. The molecule has 0 aromatic carbocycles. The molecule has 0 heterocycles. The summed E-state index contributed by atoms with van der Waals surface area (Å²) in [5, 5.41) is 15.0. The monoisotopic (exact) mass is 1020 g/mol. The number of hydrazone groups is 3. The lowest BCUT2D eigenvalue weighted by Crippen LogP contribution is -2.49. The Morgan fingerprint density at radius 1 is 0.384 bits per heavy atom. The molecule has 0 fully saturated rings. The Morgan fingerprint density at radius 2 is 0.685 bits per heavy atom. The molecule has 0 unspecified atom stereocenters. The Balaban J connectivity index is 5.00. The van der Waals surface area contributed by atoms with Gasteiger partial charge >= 0.3 is 0 Å². The van der Waals surface area contributed by atoms with Crippen LogP contribution in [0, 0.1) is 0 Å². The van der Waals surface area contributed by atoms with Crippen LogP contribution in [0.3, 0.4) is 0 Å². The van der Waals surface area contributed by atoms with Crippen LogP contribution in [-0.4, -0.2) is 60.3 Å². The van der Waals surface area contributed by atoms with Gasteiger partial charge < -0.3 is 16.8 Å². The highest BCUT2D eigenvalue weighted by atomic mass is 16.2. The van der Waals surface area contributed by atoms with E-state index < -0.39 is 35.7 Å². The van der Waals surface area contributed by atoms with Crippen LogP contribution < -0.4 is 33.1 Å². The van der Waals surface area contributed by atoms with Gasteiger partial charge in [-0.1, -0.05) is 173 Å². The fourth-order valence-electron chi connectivity index (χ4n) is 8.10. The van der Waals surface area contributed by atoms with Crippen molar-refractivity contribution in [3.8, 4) is 0 Å². The SMILES string of the molecule is CCCCCC/C=C\CCCCCCC/C=N/NC(=O)CC[C@H](N=C(N)N)C(=O)N[C@@H](CCC(=O)N/N=C/CCCCCCC/C=C\CCCCCC)C(=O)N/N=C/CCCCCCC/C=C\CCCCCC. The molecule has 4 amide bonds. The van der Waals surface area contributed by atoms with E-state index in [1.165, 1.54) is 148 Å². The van der Waals surface area contributed by atoms with Crippen LogP contribution in [0.1, 0.15) is 278 Å². The van der Waals surface area contributed by atoms with Crippen molar-refractivity contribution in [3.63, 3.8) is 0 Å². The van der Waals surface area contributed by atoms with Gasteiger partial charge in [0.05, 0.1) is 0 Å². The van der Waals surface area contributed by atoms with Gasteiger partial charge in [-0.25, -0.2) is 21.3 Å². The number of allylic oxidation sites excluding steroid dienone is 6. The van der Waals surface area contributed by atoms with Crippen LogP contribution in [0.2, 0.25) is 0 Å². The zero-order valence-corrected chi connectivity index (χ0v) is 46.7. The summed E-state index contributed by atoms with van der Waals surface area (Å²) in [6.07, 6.45) is 60.4. The summed E-state index contributed by atoms with van der Waals surface area (Å²) in [5.74, 6) is -2.38. The van der Waals surface area contributed by atoms with Crippen LogP contribution in [0.5, 0.6) is 0 Å². The van der Waals surface area contributed by atoms with Crippen molar-refractivity contribution < 1.29 is 19.2 Å². The number of rotatable bonds is 52. The quantitative estimate of drug-likeness (QED) is 0.0114. The van der Waals surface area contributed by atoms with Gasteiger partial charge in [0, 0.05) is 31.5 Å². The highest BCUT2D eigenvalue weighted by Gasteiger charge is 2.27. The highest BCUT2D eigenvalue weighted by molar-refractivity contribution is 5.92. The number of guanidine groups is 1. The second-order valence-electron chi connectivity index (χ2n) is 19.7. The number of hydrogen-bond donors (Lipinski definition) is 6. The molecule has 73 heavy (non-hydrogen) atoms. The molecule has 8 N–H and O–H groups in total. The molecule has 0 aliphatic carbocycles. The fraction of sp³-hybridized carbons (Fsp3) is 0.763. The third kappa shape index (κ3) is 50.7. The van der Waals surface area contributed by atoms with Crippen LogP contribution in [0.25, 0.3) is 0 Å². The summed E-state index contributed by atoms with van der Waals surface area (Å²) in [6, 6.07) is -2.30. The molecule has 14 heteroatoms. The van der Waals surface area contributed by atoms with E-state index >= 15 is 0 Å². The first-order valence-corrected chi connectivity index (χ1v) is 29.5. The standard InChI is InChI=1S/C59H108N10O4/c1-4-7-10-13-16-19-22-25-28-31-34-37-40-43-50-62-67-55(70)48-46-53(66-59(60)61)57(72)65-54(58(73)69-64-52-45-42-39-36-33-30-27-24-21-18-15-12-9-6-3)47-49-56(71)68-63-51-44-41-38-35-32-29-26-23-20-17-14-11-8-5-2/h19-24,50-54H,4-18,25-49H2,1-3H3,(H,65,72)(H,67,70)(H,68,71)(H,69,73)(H4,60,61,66)/b22-19-,23-20-,24-21-,62-50+,63-51+,64-52+/t53-,54-/m0/s1. The molecule has 0 saturated carbocycles. The highest BCUT2D eigenvalue weighted by Crippen LogP contribution is 2.12. The van der Waals surface area contributed by atoms with Crippen molar-refractivity contribution >= 4 is 48.2 Å². The Hall–Kier alpha value is -4.62. The number of nitrogens with one attached hydrogen (secondary N) is 4. The minimum absolute atomic E-state index is 0.0309. The second-order valence-corrected chi connectivity index (χ2v) is 19.7. The Morgan fingerprint density at radius 3 is 1.03 bits per heavy atom. The fourth-order valence-corrected chi connectivity index (χ4v) is 8.10. The maximum Gasteiger partial charge on any atom is 0.262 e. The lowest BCUT2D eigenvalue weighted by molar-refractivity contribution is -0.130. The van der Waals surface area contributed by atoms with Gasteiger partial charge in [0.1, 0.15) is 12.1 Å². The van der Waals surface area contributed by atoms with Gasteiger partial charge in [0.2, 0.25) is 17.7 Å². The summed E-state index contributed by atoms with van der Waals surface area (Å²) in [5.41, 5.74) is 19.0. The minimum Gasteiger partial charge on any atom is -0.370 e. The van der Waals surface area contributed by atoms with E-state index in [4.69, 9.17) is 11.5 Å². The van der Waals surface area contributed by atoms with E-state index in [1.54, 1.807) is 18.6 Å². The van der Waals surface area contributed by atoms with Gasteiger partial charge in [-0.05, 0) is 128 Å². The second kappa shape index (κ2) is 55.1. The van der Waals surface area contributed by atoms with Crippen LogP contribution in [0.15, 0.2) is 56.8 Å². The summed E-state index contributed by atoms with van der Waals surface area (Å²) in [6.45, 7) is 6.72. The van der Waals surface area contributed by atoms with Crippen molar-refractivity contribution in [1.29, 1.82) is 0 Å².